The third-order valence-corrected chi connectivity index (χ3v) is 3.56. The minimum atomic E-state index is -0.520. The van der Waals surface area contributed by atoms with Gasteiger partial charge in [-0.05, 0) is 24.4 Å². The van der Waals surface area contributed by atoms with Crippen molar-refractivity contribution in [2.24, 2.45) is 0 Å². The largest absolute Gasteiger partial charge is 0.381 e. The third-order valence-electron chi connectivity index (χ3n) is 3.39. The first-order valence-electron chi connectivity index (χ1n) is 7.08. The van der Waals surface area contributed by atoms with Gasteiger partial charge in [-0.1, -0.05) is 31.4 Å². The molecule has 1 fully saturated rings. The molecule has 0 aliphatic carbocycles. The Morgan fingerprint density at radius 1 is 1.39 bits per heavy atom. The average Bonchev–Trinajstić information content (AvgIpc) is 2.52. The zero-order valence-electron chi connectivity index (χ0n) is 12.5. The zero-order chi connectivity index (χ0) is 16.8. The van der Waals surface area contributed by atoms with Crippen LogP contribution in [0.1, 0.15) is 18.5 Å². The number of hydrogen-bond acceptors (Lipinski definition) is 6. The van der Waals surface area contributed by atoms with Crippen molar-refractivity contribution < 1.29 is 9.66 Å². The quantitative estimate of drug-likeness (QED) is 0.370. The fourth-order valence-corrected chi connectivity index (χ4v) is 2.48. The van der Waals surface area contributed by atoms with Crippen molar-refractivity contribution >= 4 is 28.7 Å². The molecule has 0 radical (unpaired) electrons. The normalized spacial score (nSPS) is 16.0. The molecular formula is C15H17ClN4O3. The van der Waals surface area contributed by atoms with E-state index in [0.717, 1.165) is 12.8 Å². The van der Waals surface area contributed by atoms with E-state index < -0.39 is 4.92 Å². The van der Waals surface area contributed by atoms with Crippen LogP contribution in [0.25, 0.3) is 5.57 Å². The van der Waals surface area contributed by atoms with Gasteiger partial charge in [0.25, 0.3) is 0 Å². The fraction of sp³-hybridized carbons (Fsp3) is 0.333. The number of allylic oxidation sites excluding steroid dienone is 4. The van der Waals surface area contributed by atoms with Crippen molar-refractivity contribution in [1.29, 1.82) is 0 Å². The van der Waals surface area contributed by atoms with Gasteiger partial charge in [-0.3, -0.25) is 10.1 Å². The summed E-state index contributed by atoms with van der Waals surface area (Å²) < 4.78 is 5.28. The Balaban J connectivity index is 2.50. The minimum Gasteiger partial charge on any atom is -0.381 e. The number of halogens is 1. The summed E-state index contributed by atoms with van der Waals surface area (Å²) in [6, 6.07) is 0.0387. The molecule has 0 atom stereocenters. The second-order valence-electron chi connectivity index (χ2n) is 4.89. The van der Waals surface area contributed by atoms with Crippen LogP contribution in [0.5, 0.6) is 0 Å². The summed E-state index contributed by atoms with van der Waals surface area (Å²) in [6.07, 6.45) is 6.03. The highest BCUT2D eigenvalue weighted by molar-refractivity contribution is 6.28. The summed E-state index contributed by atoms with van der Waals surface area (Å²) >= 11 is 5.95. The van der Waals surface area contributed by atoms with E-state index in [1.54, 1.807) is 6.08 Å². The lowest BCUT2D eigenvalue weighted by molar-refractivity contribution is -0.384. The first-order valence-corrected chi connectivity index (χ1v) is 7.46. The number of nitro groups is 1. The summed E-state index contributed by atoms with van der Waals surface area (Å²) in [7, 11) is 0. The number of nitrogens with one attached hydrogen (secondary N) is 1. The van der Waals surface area contributed by atoms with E-state index in [-0.39, 0.29) is 28.5 Å². The molecule has 23 heavy (non-hydrogen) atoms. The van der Waals surface area contributed by atoms with Crippen LogP contribution in [0.4, 0.5) is 11.5 Å². The SMILES string of the molecule is C=C/C=C(\C=C)c1nc(Cl)nc(NC2CCOCC2)c1[N+](=O)[O-]. The molecule has 122 valence electrons. The van der Waals surface area contributed by atoms with Gasteiger partial charge in [-0.2, -0.15) is 4.98 Å². The Labute approximate surface area is 138 Å². The molecule has 1 N–H and O–H groups in total. The molecule has 0 aromatic carbocycles. The van der Waals surface area contributed by atoms with Crippen molar-refractivity contribution in [3.63, 3.8) is 0 Å². The first kappa shape index (κ1) is 17.1. The maximum Gasteiger partial charge on any atom is 0.337 e. The minimum absolute atomic E-state index is 0.0387. The maximum atomic E-state index is 11.6. The standard InChI is InChI=1S/C15H17ClN4O3/c1-3-5-10(4-2)12-13(20(21)22)14(19-15(16)18-12)17-11-6-8-23-9-7-11/h3-5,11H,1-2,6-9H2,(H,17,18,19)/b10-5+. The van der Waals surface area contributed by atoms with Crippen molar-refractivity contribution in [1.82, 2.24) is 9.97 Å². The van der Waals surface area contributed by atoms with Crippen molar-refractivity contribution in [3.05, 3.63) is 52.5 Å². The van der Waals surface area contributed by atoms with Gasteiger partial charge in [0.05, 0.1) is 4.92 Å². The number of ether oxygens (including phenoxy) is 1. The lowest BCUT2D eigenvalue weighted by Gasteiger charge is -2.23. The second-order valence-corrected chi connectivity index (χ2v) is 5.23. The van der Waals surface area contributed by atoms with Crippen LogP contribution in [-0.2, 0) is 4.74 Å². The van der Waals surface area contributed by atoms with Crippen LogP contribution in [-0.4, -0.2) is 34.1 Å². The average molecular weight is 337 g/mol. The fourth-order valence-electron chi connectivity index (χ4n) is 2.31. The van der Waals surface area contributed by atoms with Crippen LogP contribution >= 0.6 is 11.6 Å². The molecule has 0 amide bonds. The van der Waals surface area contributed by atoms with Crippen molar-refractivity contribution in [2.45, 2.75) is 18.9 Å². The lowest BCUT2D eigenvalue weighted by Crippen LogP contribution is -2.28. The lowest BCUT2D eigenvalue weighted by atomic mass is 10.1. The summed E-state index contributed by atoms with van der Waals surface area (Å²) in [5, 5.41) is 14.6. The molecule has 2 heterocycles. The van der Waals surface area contributed by atoms with E-state index in [2.05, 4.69) is 28.4 Å². The molecule has 2 rings (SSSR count). The van der Waals surface area contributed by atoms with Crippen LogP contribution < -0.4 is 5.32 Å². The Morgan fingerprint density at radius 3 is 2.65 bits per heavy atom. The van der Waals surface area contributed by atoms with Crippen LogP contribution in [0, 0.1) is 10.1 Å². The number of nitrogens with zero attached hydrogens (tertiary/aromatic N) is 3. The summed E-state index contributed by atoms with van der Waals surface area (Å²) in [5.74, 6) is 0.105. The van der Waals surface area contributed by atoms with Crippen molar-refractivity contribution in [3.8, 4) is 0 Å². The van der Waals surface area contributed by atoms with Gasteiger partial charge in [-0.15, -0.1) is 0 Å². The van der Waals surface area contributed by atoms with Crippen molar-refractivity contribution in [2.75, 3.05) is 18.5 Å². The molecule has 0 unspecified atom stereocenters. The second kappa shape index (κ2) is 7.85. The predicted octanol–water partition coefficient (Wildman–Crippen LogP) is 3.38. The molecular weight excluding hydrogens is 320 g/mol. The van der Waals surface area contributed by atoms with E-state index in [4.69, 9.17) is 16.3 Å². The summed E-state index contributed by atoms with van der Waals surface area (Å²) in [4.78, 5) is 19.0. The predicted molar refractivity (Wildman–Crippen MR) is 89.5 cm³/mol. The van der Waals surface area contributed by atoms with E-state index in [0.29, 0.717) is 18.8 Å². The molecule has 1 saturated heterocycles. The van der Waals surface area contributed by atoms with Crippen LogP contribution in [0.3, 0.4) is 0 Å². The van der Waals surface area contributed by atoms with E-state index in [9.17, 15) is 10.1 Å². The number of anilines is 1. The van der Waals surface area contributed by atoms with Crippen LogP contribution in [0.15, 0.2) is 31.4 Å². The van der Waals surface area contributed by atoms with Gasteiger partial charge in [0.1, 0.15) is 0 Å². The van der Waals surface area contributed by atoms with Gasteiger partial charge in [-0.25, -0.2) is 4.98 Å². The molecule has 1 aliphatic heterocycles. The molecule has 7 nitrogen and oxygen atoms in total. The Bertz CT molecular complexity index is 654. The van der Waals surface area contributed by atoms with E-state index >= 15 is 0 Å². The third kappa shape index (κ3) is 4.14. The van der Waals surface area contributed by atoms with Gasteiger partial charge < -0.3 is 10.1 Å². The highest BCUT2D eigenvalue weighted by Gasteiger charge is 2.28. The summed E-state index contributed by atoms with van der Waals surface area (Å²) in [6.45, 7) is 8.44. The molecule has 1 aliphatic rings. The number of hydrogen-bond donors (Lipinski definition) is 1. The monoisotopic (exact) mass is 336 g/mol. The van der Waals surface area contributed by atoms with E-state index in [1.165, 1.54) is 12.2 Å². The molecule has 8 heteroatoms. The maximum absolute atomic E-state index is 11.6. The first-order chi connectivity index (χ1) is 11.1. The highest BCUT2D eigenvalue weighted by atomic mass is 35.5. The smallest absolute Gasteiger partial charge is 0.337 e. The Morgan fingerprint density at radius 2 is 2.09 bits per heavy atom. The highest BCUT2D eigenvalue weighted by Crippen LogP contribution is 2.33. The molecule has 0 spiro atoms. The van der Waals surface area contributed by atoms with Gasteiger partial charge in [0.15, 0.2) is 5.69 Å². The van der Waals surface area contributed by atoms with Gasteiger partial charge in [0, 0.05) is 24.8 Å². The van der Waals surface area contributed by atoms with Crippen LogP contribution in [0.2, 0.25) is 5.28 Å². The molecule has 1 aromatic heterocycles. The molecule has 0 saturated carbocycles. The Kier molecular flexibility index (Phi) is 5.84. The molecule has 0 bridgehead atoms. The Hall–Kier alpha value is -2.25. The number of aromatic nitrogens is 2. The summed E-state index contributed by atoms with van der Waals surface area (Å²) in [5.41, 5.74) is 0.333. The zero-order valence-corrected chi connectivity index (χ0v) is 13.3. The molecule has 1 aromatic rings. The van der Waals surface area contributed by atoms with E-state index in [1.807, 2.05) is 0 Å². The topological polar surface area (TPSA) is 90.2 Å². The van der Waals surface area contributed by atoms with Gasteiger partial charge >= 0.3 is 5.69 Å². The van der Waals surface area contributed by atoms with Gasteiger partial charge in [0.2, 0.25) is 11.1 Å². The number of rotatable bonds is 6.